The number of carbonyl (C=O) groups excluding carboxylic acids is 1. The highest BCUT2D eigenvalue weighted by atomic mass is 19.1. The molecule has 1 saturated heterocycles. The predicted molar refractivity (Wildman–Crippen MR) is 130 cm³/mol. The summed E-state index contributed by atoms with van der Waals surface area (Å²) in [6.45, 7) is -0.0549. The number of nitriles is 1. The highest BCUT2D eigenvalue weighted by molar-refractivity contribution is 5.78. The van der Waals surface area contributed by atoms with Crippen LogP contribution in [0.2, 0.25) is 0 Å². The van der Waals surface area contributed by atoms with Crippen LogP contribution >= 0.6 is 0 Å². The van der Waals surface area contributed by atoms with Gasteiger partial charge in [-0.1, -0.05) is 6.07 Å². The zero-order valence-electron chi connectivity index (χ0n) is 20.0. The lowest BCUT2D eigenvalue weighted by Gasteiger charge is -2.61. The molecule has 0 spiro atoms. The van der Waals surface area contributed by atoms with E-state index in [1.165, 1.54) is 0 Å². The average Bonchev–Trinajstić information content (AvgIpc) is 3.61. The number of H-pyrrole nitrogens is 1. The second-order valence-corrected chi connectivity index (χ2v) is 10.0. The third kappa shape index (κ3) is 3.72. The number of ether oxygens (including phenoxy) is 2. The van der Waals surface area contributed by atoms with Crippen LogP contribution in [0.5, 0.6) is 0 Å². The number of anilines is 2. The molecule has 3 N–H and O–H groups in total. The van der Waals surface area contributed by atoms with Crippen LogP contribution in [0.15, 0.2) is 43.0 Å². The van der Waals surface area contributed by atoms with E-state index in [0.717, 1.165) is 24.8 Å². The Bertz CT molecular complexity index is 1560. The number of alkyl carbamates (subject to hydrolysis) is 1. The Balaban J connectivity index is 1.07. The van der Waals surface area contributed by atoms with E-state index in [9.17, 15) is 10.1 Å². The Morgan fingerprint density at radius 1 is 1.34 bits per heavy atom. The maximum atomic E-state index is 15.2. The number of pyridine rings is 1. The molecule has 3 saturated carbocycles. The molecule has 0 unspecified atom stereocenters. The maximum Gasteiger partial charge on any atom is 0.408 e. The first-order valence-electron chi connectivity index (χ1n) is 12.3. The van der Waals surface area contributed by atoms with Crippen molar-refractivity contribution in [1.82, 2.24) is 34.9 Å². The number of hydrogen-bond acceptors (Lipinski definition) is 9. The van der Waals surface area contributed by atoms with Gasteiger partial charge in [-0.2, -0.15) is 10.4 Å². The standard InChI is InChI=1S/C25H22FN9O3/c26-20-18(38-24(36)32-25-5-13(6-25)7-25)12-37-21(20)17-4-19(34-33-17)31-23-29-10-16(14-2-1-3-28-9-14)22-30-15(8-27)11-35(22)23/h1-4,9-11,13,18,20-21H,5-7,12H2,(H,32,36)(H2,29,31,33,34)/t13?,18-,20-,21-,25?/m0/s1. The minimum absolute atomic E-state index is 0.0549. The molecule has 13 heteroatoms. The van der Waals surface area contributed by atoms with Crippen molar-refractivity contribution in [3.8, 4) is 17.2 Å². The quantitative estimate of drug-likeness (QED) is 0.351. The van der Waals surface area contributed by atoms with E-state index in [0.29, 0.717) is 34.6 Å². The second kappa shape index (κ2) is 8.49. The van der Waals surface area contributed by atoms with Crippen molar-refractivity contribution in [2.75, 3.05) is 11.9 Å². The van der Waals surface area contributed by atoms with Gasteiger partial charge in [0.2, 0.25) is 5.95 Å². The van der Waals surface area contributed by atoms with Gasteiger partial charge < -0.3 is 20.1 Å². The zero-order valence-corrected chi connectivity index (χ0v) is 20.0. The van der Waals surface area contributed by atoms with Gasteiger partial charge in [0.15, 0.2) is 29.4 Å². The summed E-state index contributed by atoms with van der Waals surface area (Å²) in [6, 6.07) is 7.33. The lowest BCUT2D eigenvalue weighted by molar-refractivity contribution is -0.0528. The van der Waals surface area contributed by atoms with Crippen LogP contribution in [0.25, 0.3) is 16.8 Å². The van der Waals surface area contributed by atoms with Crippen LogP contribution in [-0.4, -0.2) is 60.1 Å². The van der Waals surface area contributed by atoms with E-state index >= 15 is 4.39 Å². The maximum absolute atomic E-state index is 15.2. The van der Waals surface area contributed by atoms with Gasteiger partial charge in [-0.3, -0.25) is 14.5 Å². The molecule has 12 nitrogen and oxygen atoms in total. The summed E-state index contributed by atoms with van der Waals surface area (Å²) in [5, 5.41) is 22.4. The van der Waals surface area contributed by atoms with Gasteiger partial charge in [0.05, 0.1) is 18.5 Å². The molecule has 0 aromatic carbocycles. The molecular weight excluding hydrogens is 493 g/mol. The first-order chi connectivity index (χ1) is 18.5. The average molecular weight is 516 g/mol. The Morgan fingerprint density at radius 2 is 2.21 bits per heavy atom. The number of aromatic amines is 1. The molecule has 1 amide bonds. The van der Waals surface area contributed by atoms with Crippen molar-refractivity contribution in [2.24, 2.45) is 5.92 Å². The van der Waals surface area contributed by atoms with Crippen molar-refractivity contribution >= 4 is 23.5 Å². The largest absolute Gasteiger partial charge is 0.441 e. The number of nitrogens with zero attached hydrogens (tertiary/aromatic N) is 6. The summed E-state index contributed by atoms with van der Waals surface area (Å²) >= 11 is 0. The van der Waals surface area contributed by atoms with Crippen LogP contribution in [0.3, 0.4) is 0 Å². The van der Waals surface area contributed by atoms with Crippen molar-refractivity contribution in [1.29, 1.82) is 5.26 Å². The summed E-state index contributed by atoms with van der Waals surface area (Å²) in [4.78, 5) is 25.3. The van der Waals surface area contributed by atoms with E-state index in [2.05, 4.69) is 35.8 Å². The fourth-order valence-corrected chi connectivity index (χ4v) is 5.46. The van der Waals surface area contributed by atoms with Crippen LogP contribution in [0.4, 0.5) is 21.0 Å². The number of amides is 1. The molecule has 4 fully saturated rings. The number of alkyl halides is 1. The number of nitrogens with one attached hydrogen (secondary N) is 3. The number of halogens is 1. The first kappa shape index (κ1) is 22.6. The molecule has 5 heterocycles. The molecule has 38 heavy (non-hydrogen) atoms. The third-order valence-corrected chi connectivity index (χ3v) is 7.47. The van der Waals surface area contributed by atoms with E-state index in [1.807, 2.05) is 12.1 Å². The minimum Gasteiger partial charge on any atom is -0.441 e. The minimum atomic E-state index is -1.56. The number of aromatic nitrogens is 6. The molecule has 2 bridgehead atoms. The Hall–Kier alpha value is -4.57. The van der Waals surface area contributed by atoms with Gasteiger partial charge in [-0.05, 0) is 31.2 Å². The molecule has 1 aliphatic heterocycles. The molecule has 0 radical (unpaired) electrons. The normalized spacial score (nSPS) is 27.3. The highest BCUT2D eigenvalue weighted by Crippen LogP contribution is 2.57. The Morgan fingerprint density at radius 3 is 2.95 bits per heavy atom. The van der Waals surface area contributed by atoms with Crippen molar-refractivity contribution in [2.45, 2.75) is 43.2 Å². The van der Waals surface area contributed by atoms with Gasteiger partial charge in [0.25, 0.3) is 0 Å². The lowest BCUT2D eigenvalue weighted by atomic mass is 9.50. The van der Waals surface area contributed by atoms with Crippen molar-refractivity contribution in [3.05, 3.63) is 54.4 Å². The van der Waals surface area contributed by atoms with E-state index < -0.39 is 24.5 Å². The highest BCUT2D eigenvalue weighted by Gasteiger charge is 2.58. The summed E-state index contributed by atoms with van der Waals surface area (Å²) in [5.41, 5.74) is 2.49. The van der Waals surface area contributed by atoms with Crippen LogP contribution in [0.1, 0.15) is 36.8 Å². The van der Waals surface area contributed by atoms with Crippen molar-refractivity contribution in [3.63, 3.8) is 0 Å². The van der Waals surface area contributed by atoms with Crippen molar-refractivity contribution < 1.29 is 18.7 Å². The summed E-state index contributed by atoms with van der Waals surface area (Å²) < 4.78 is 27.8. The van der Waals surface area contributed by atoms with E-state index in [1.54, 1.807) is 41.3 Å². The summed E-state index contributed by atoms with van der Waals surface area (Å²) in [7, 11) is 0. The van der Waals surface area contributed by atoms with E-state index in [-0.39, 0.29) is 17.8 Å². The predicted octanol–water partition coefficient (Wildman–Crippen LogP) is 3.19. The monoisotopic (exact) mass is 515 g/mol. The number of carbonyl (C=O) groups is 1. The zero-order chi connectivity index (χ0) is 25.9. The summed E-state index contributed by atoms with van der Waals surface area (Å²) in [5.74, 6) is 1.42. The van der Waals surface area contributed by atoms with Gasteiger partial charge in [0.1, 0.15) is 12.2 Å². The van der Waals surface area contributed by atoms with Gasteiger partial charge in [-0.25, -0.2) is 19.2 Å². The number of rotatable bonds is 6. The molecule has 4 aliphatic rings. The third-order valence-electron chi connectivity index (χ3n) is 7.47. The summed E-state index contributed by atoms with van der Waals surface area (Å²) in [6.07, 6.45) is 5.33. The fourth-order valence-electron chi connectivity index (χ4n) is 5.46. The SMILES string of the molecule is N#Cc1cn2c(Nc3cc([C@@H]4OC[C@H](OC(=O)NC56CC(C5)C6)[C@@H]4F)[nH]n3)ncc(-c3cccnc3)c2n1. The molecule has 3 atom stereocenters. The molecule has 8 rings (SSSR count). The van der Waals surface area contributed by atoms with E-state index in [4.69, 9.17) is 9.47 Å². The topological polar surface area (TPSA) is 155 Å². The van der Waals surface area contributed by atoms with Gasteiger partial charge >= 0.3 is 6.09 Å². The van der Waals surface area contributed by atoms with Gasteiger partial charge in [-0.15, -0.1) is 0 Å². The Kier molecular flexibility index (Phi) is 5.05. The number of imidazole rings is 1. The number of fused-ring (bicyclic) bond motifs is 1. The Labute approximate surface area is 215 Å². The smallest absolute Gasteiger partial charge is 0.408 e. The fraction of sp³-hybridized carbons (Fsp3) is 0.360. The van der Waals surface area contributed by atoms with Gasteiger partial charge in [0, 0.05) is 41.3 Å². The first-order valence-corrected chi connectivity index (χ1v) is 12.3. The van der Waals surface area contributed by atoms with Crippen LogP contribution < -0.4 is 10.6 Å². The lowest BCUT2D eigenvalue weighted by Crippen LogP contribution is -2.68. The van der Waals surface area contributed by atoms with Crippen LogP contribution in [0, 0.1) is 17.2 Å². The second-order valence-electron chi connectivity index (χ2n) is 10.0. The molecule has 3 aliphatic carbocycles. The molecule has 4 aromatic heterocycles. The van der Waals surface area contributed by atoms with Crippen LogP contribution in [-0.2, 0) is 9.47 Å². The molecule has 4 aromatic rings. The molecular formula is C25H22FN9O3. The molecule has 192 valence electrons. The number of hydrogen-bond donors (Lipinski definition) is 3.